The topological polar surface area (TPSA) is 42.0 Å². The van der Waals surface area contributed by atoms with E-state index in [9.17, 15) is 4.79 Å². The summed E-state index contributed by atoms with van der Waals surface area (Å²) in [5.74, 6) is 1.27. The predicted molar refractivity (Wildman–Crippen MR) is 104 cm³/mol. The minimum absolute atomic E-state index is 0.0157. The first kappa shape index (κ1) is 18.1. The first-order valence-electron chi connectivity index (χ1n) is 8.86. The van der Waals surface area contributed by atoms with Crippen LogP contribution in [0.3, 0.4) is 0 Å². The number of anilines is 1. The van der Waals surface area contributed by atoms with Gasteiger partial charge in [-0.2, -0.15) is 0 Å². The van der Waals surface area contributed by atoms with Crippen molar-refractivity contribution in [1.29, 1.82) is 0 Å². The number of methoxy groups -OCH3 is 2. The van der Waals surface area contributed by atoms with Gasteiger partial charge in [0, 0.05) is 43.5 Å². The van der Waals surface area contributed by atoms with Gasteiger partial charge in [0.1, 0.15) is 11.5 Å². The minimum atomic E-state index is 0.0157. The lowest BCUT2D eigenvalue weighted by molar-refractivity contribution is 0.0746. The highest BCUT2D eigenvalue weighted by Crippen LogP contribution is 2.25. The Morgan fingerprint density at radius 1 is 0.846 bits per heavy atom. The first-order chi connectivity index (χ1) is 12.5. The quantitative estimate of drug-likeness (QED) is 0.845. The Labute approximate surface area is 155 Å². The molecule has 2 aromatic rings. The van der Waals surface area contributed by atoms with E-state index in [4.69, 9.17) is 9.47 Å². The Balaban J connectivity index is 1.69. The lowest BCUT2D eigenvalue weighted by atomic mass is 10.1. The van der Waals surface area contributed by atoms with Crippen molar-refractivity contribution in [2.45, 2.75) is 13.8 Å². The molecule has 2 aromatic carbocycles. The van der Waals surface area contributed by atoms with Crippen molar-refractivity contribution in [3.8, 4) is 11.5 Å². The summed E-state index contributed by atoms with van der Waals surface area (Å²) in [7, 11) is 3.18. The highest BCUT2D eigenvalue weighted by Gasteiger charge is 2.23. The number of rotatable bonds is 4. The standard InChI is InChI=1S/C21H26N2O3/c1-15-5-6-18(11-16(15)2)22-7-9-23(10-8-22)21(24)17-12-19(25-3)14-20(13-17)26-4/h5-6,11-14H,7-10H2,1-4H3. The molecule has 1 heterocycles. The van der Waals surface area contributed by atoms with Crippen molar-refractivity contribution in [3.05, 3.63) is 53.1 Å². The molecule has 1 saturated heterocycles. The van der Waals surface area contributed by atoms with Crippen molar-refractivity contribution >= 4 is 11.6 Å². The molecular weight excluding hydrogens is 328 g/mol. The molecular formula is C21H26N2O3. The zero-order chi connectivity index (χ0) is 18.7. The summed E-state index contributed by atoms with van der Waals surface area (Å²) < 4.78 is 10.5. The summed E-state index contributed by atoms with van der Waals surface area (Å²) in [6.07, 6.45) is 0. The van der Waals surface area contributed by atoms with Gasteiger partial charge in [-0.1, -0.05) is 6.07 Å². The molecule has 0 spiro atoms. The van der Waals surface area contributed by atoms with Crippen LogP contribution in [0.25, 0.3) is 0 Å². The number of hydrogen-bond donors (Lipinski definition) is 0. The molecule has 0 bridgehead atoms. The summed E-state index contributed by atoms with van der Waals surface area (Å²) >= 11 is 0. The van der Waals surface area contributed by atoms with E-state index in [1.54, 1.807) is 32.4 Å². The lowest BCUT2D eigenvalue weighted by Crippen LogP contribution is -2.48. The third-order valence-corrected chi connectivity index (χ3v) is 5.02. The summed E-state index contributed by atoms with van der Waals surface area (Å²) in [6.45, 7) is 7.31. The van der Waals surface area contributed by atoms with Crippen molar-refractivity contribution in [3.63, 3.8) is 0 Å². The maximum Gasteiger partial charge on any atom is 0.254 e. The highest BCUT2D eigenvalue weighted by molar-refractivity contribution is 5.95. The van der Waals surface area contributed by atoms with Crippen LogP contribution >= 0.6 is 0 Å². The first-order valence-corrected chi connectivity index (χ1v) is 8.86. The van der Waals surface area contributed by atoms with Gasteiger partial charge in [0.25, 0.3) is 5.91 Å². The van der Waals surface area contributed by atoms with E-state index in [-0.39, 0.29) is 5.91 Å². The second-order valence-electron chi connectivity index (χ2n) is 6.65. The molecule has 1 amide bonds. The highest BCUT2D eigenvalue weighted by atomic mass is 16.5. The van der Waals surface area contributed by atoms with Crippen LogP contribution in [0.4, 0.5) is 5.69 Å². The minimum Gasteiger partial charge on any atom is -0.497 e. The van der Waals surface area contributed by atoms with Gasteiger partial charge >= 0.3 is 0 Å². The Hall–Kier alpha value is -2.69. The van der Waals surface area contributed by atoms with Gasteiger partial charge < -0.3 is 19.3 Å². The van der Waals surface area contributed by atoms with Crippen LogP contribution in [0.1, 0.15) is 21.5 Å². The van der Waals surface area contributed by atoms with E-state index >= 15 is 0 Å². The molecule has 26 heavy (non-hydrogen) atoms. The number of carbonyl (C=O) groups is 1. The van der Waals surface area contributed by atoms with Crippen LogP contribution in [0.2, 0.25) is 0 Å². The lowest BCUT2D eigenvalue weighted by Gasteiger charge is -2.36. The monoisotopic (exact) mass is 354 g/mol. The maximum absolute atomic E-state index is 12.9. The van der Waals surface area contributed by atoms with E-state index in [0.717, 1.165) is 13.1 Å². The summed E-state index contributed by atoms with van der Waals surface area (Å²) in [6, 6.07) is 11.8. The van der Waals surface area contributed by atoms with Crippen LogP contribution < -0.4 is 14.4 Å². The average Bonchev–Trinajstić information content (AvgIpc) is 2.69. The van der Waals surface area contributed by atoms with Gasteiger partial charge in [-0.15, -0.1) is 0 Å². The van der Waals surface area contributed by atoms with Gasteiger partial charge in [-0.3, -0.25) is 4.79 Å². The number of piperazine rings is 1. The number of carbonyl (C=O) groups excluding carboxylic acids is 1. The molecule has 0 aliphatic carbocycles. The molecule has 0 aromatic heterocycles. The van der Waals surface area contributed by atoms with Crippen LogP contribution in [-0.2, 0) is 0 Å². The molecule has 1 aliphatic rings. The number of amides is 1. The average molecular weight is 354 g/mol. The van der Waals surface area contributed by atoms with Gasteiger partial charge in [0.15, 0.2) is 0 Å². The van der Waals surface area contributed by atoms with Crippen molar-refractivity contribution in [2.24, 2.45) is 0 Å². The number of aryl methyl sites for hydroxylation is 2. The van der Waals surface area contributed by atoms with Gasteiger partial charge in [0.2, 0.25) is 0 Å². The van der Waals surface area contributed by atoms with Crippen LogP contribution in [0.15, 0.2) is 36.4 Å². The van der Waals surface area contributed by atoms with Crippen molar-refractivity contribution < 1.29 is 14.3 Å². The zero-order valence-corrected chi connectivity index (χ0v) is 15.9. The van der Waals surface area contributed by atoms with Crippen molar-refractivity contribution in [1.82, 2.24) is 4.90 Å². The fourth-order valence-corrected chi connectivity index (χ4v) is 3.20. The Morgan fingerprint density at radius 2 is 1.46 bits per heavy atom. The second-order valence-corrected chi connectivity index (χ2v) is 6.65. The van der Waals surface area contributed by atoms with Gasteiger partial charge in [0.05, 0.1) is 14.2 Å². The molecule has 0 unspecified atom stereocenters. The smallest absolute Gasteiger partial charge is 0.254 e. The Morgan fingerprint density at radius 3 is 2.00 bits per heavy atom. The molecule has 5 heteroatoms. The fraction of sp³-hybridized carbons (Fsp3) is 0.381. The molecule has 1 fully saturated rings. The molecule has 0 radical (unpaired) electrons. The van der Waals surface area contributed by atoms with E-state index in [1.165, 1.54) is 16.8 Å². The van der Waals surface area contributed by atoms with Crippen LogP contribution in [0.5, 0.6) is 11.5 Å². The van der Waals surface area contributed by atoms with E-state index in [2.05, 4.69) is 36.9 Å². The number of benzene rings is 2. The SMILES string of the molecule is COc1cc(OC)cc(C(=O)N2CCN(c3ccc(C)c(C)c3)CC2)c1. The van der Waals surface area contributed by atoms with Gasteiger partial charge in [-0.05, 0) is 49.2 Å². The number of hydrogen-bond acceptors (Lipinski definition) is 4. The Kier molecular flexibility index (Phi) is 5.35. The van der Waals surface area contributed by atoms with Crippen LogP contribution in [-0.4, -0.2) is 51.2 Å². The molecule has 0 saturated carbocycles. The van der Waals surface area contributed by atoms with Crippen molar-refractivity contribution in [2.75, 3.05) is 45.3 Å². The molecule has 138 valence electrons. The molecule has 0 N–H and O–H groups in total. The summed E-state index contributed by atoms with van der Waals surface area (Å²) in [4.78, 5) is 17.1. The second kappa shape index (κ2) is 7.68. The Bertz CT molecular complexity index is 774. The zero-order valence-electron chi connectivity index (χ0n) is 15.9. The normalized spacial score (nSPS) is 14.3. The van der Waals surface area contributed by atoms with Crippen LogP contribution in [0, 0.1) is 13.8 Å². The van der Waals surface area contributed by atoms with E-state index < -0.39 is 0 Å². The molecule has 5 nitrogen and oxygen atoms in total. The summed E-state index contributed by atoms with van der Waals surface area (Å²) in [5.41, 5.74) is 4.42. The van der Waals surface area contributed by atoms with Gasteiger partial charge in [-0.25, -0.2) is 0 Å². The third kappa shape index (κ3) is 3.77. The largest absolute Gasteiger partial charge is 0.497 e. The summed E-state index contributed by atoms with van der Waals surface area (Å²) in [5, 5.41) is 0. The molecule has 3 rings (SSSR count). The van der Waals surface area contributed by atoms with E-state index in [0.29, 0.717) is 30.2 Å². The number of ether oxygens (including phenoxy) is 2. The fourth-order valence-electron chi connectivity index (χ4n) is 3.20. The predicted octanol–water partition coefficient (Wildman–Crippen LogP) is 3.28. The maximum atomic E-state index is 12.9. The molecule has 0 atom stereocenters. The molecule has 1 aliphatic heterocycles. The third-order valence-electron chi connectivity index (χ3n) is 5.02. The van der Waals surface area contributed by atoms with E-state index in [1.807, 2.05) is 4.90 Å². The number of nitrogens with zero attached hydrogens (tertiary/aromatic N) is 2.